The second-order valence-corrected chi connectivity index (χ2v) is 4.25. The van der Waals surface area contributed by atoms with Gasteiger partial charge in [0.2, 0.25) is 0 Å². The van der Waals surface area contributed by atoms with Gasteiger partial charge in [-0.05, 0) is 42.9 Å². The first-order valence-corrected chi connectivity index (χ1v) is 5.19. The van der Waals surface area contributed by atoms with Crippen LogP contribution in [0, 0.1) is 5.92 Å². The molecule has 3 rings (SSSR count). The molecule has 0 radical (unpaired) electrons. The predicted molar refractivity (Wildman–Crippen MR) is 54.4 cm³/mol. The van der Waals surface area contributed by atoms with Crippen LogP contribution in [0.1, 0.15) is 18.4 Å². The Morgan fingerprint density at radius 3 is 3.07 bits per heavy atom. The molecule has 1 fully saturated rings. The van der Waals surface area contributed by atoms with Crippen molar-refractivity contribution in [3.8, 4) is 0 Å². The normalized spacial score (nSPS) is 16.4. The van der Waals surface area contributed by atoms with E-state index in [9.17, 15) is 0 Å². The van der Waals surface area contributed by atoms with Crippen molar-refractivity contribution in [1.29, 1.82) is 0 Å². The number of rotatable bonds is 2. The maximum atomic E-state index is 6.07. The lowest BCUT2D eigenvalue weighted by Gasteiger charge is -2.01. The summed E-state index contributed by atoms with van der Waals surface area (Å²) in [6, 6.07) is 4.05. The van der Waals surface area contributed by atoms with Gasteiger partial charge in [0.1, 0.15) is 11.5 Å². The molecule has 0 aromatic carbocycles. The third-order valence-corrected chi connectivity index (χ3v) is 2.89. The van der Waals surface area contributed by atoms with Crippen LogP contribution in [0.15, 0.2) is 18.5 Å². The Morgan fingerprint density at radius 1 is 1.43 bits per heavy atom. The van der Waals surface area contributed by atoms with Crippen molar-refractivity contribution in [2.45, 2.75) is 19.3 Å². The van der Waals surface area contributed by atoms with E-state index < -0.39 is 0 Å². The second kappa shape index (κ2) is 2.95. The van der Waals surface area contributed by atoms with Gasteiger partial charge in [-0.2, -0.15) is 5.10 Å². The standard InChI is InChI=1S/C10H10ClN3/c11-9-4-8(3-7-1-2-7)5-10-12-6-13-14(9)10/h4-7H,1-3H2. The van der Waals surface area contributed by atoms with Gasteiger partial charge >= 0.3 is 0 Å². The zero-order valence-electron chi connectivity index (χ0n) is 7.65. The third-order valence-electron chi connectivity index (χ3n) is 2.62. The molecule has 3 nitrogen and oxygen atoms in total. The Morgan fingerprint density at radius 2 is 2.29 bits per heavy atom. The van der Waals surface area contributed by atoms with Crippen LogP contribution in [0.2, 0.25) is 5.15 Å². The molecule has 0 atom stereocenters. The largest absolute Gasteiger partial charge is 0.215 e. The van der Waals surface area contributed by atoms with Gasteiger partial charge in [-0.3, -0.25) is 0 Å². The lowest BCUT2D eigenvalue weighted by Crippen LogP contribution is -1.94. The van der Waals surface area contributed by atoms with Crippen LogP contribution in [0.5, 0.6) is 0 Å². The van der Waals surface area contributed by atoms with Crippen molar-refractivity contribution in [1.82, 2.24) is 14.6 Å². The minimum atomic E-state index is 0.649. The Labute approximate surface area is 86.7 Å². The van der Waals surface area contributed by atoms with Crippen molar-refractivity contribution in [3.05, 3.63) is 29.2 Å². The smallest absolute Gasteiger partial charge is 0.157 e. The monoisotopic (exact) mass is 207 g/mol. The van der Waals surface area contributed by atoms with E-state index in [0.717, 1.165) is 18.0 Å². The van der Waals surface area contributed by atoms with Crippen LogP contribution in [-0.2, 0) is 6.42 Å². The van der Waals surface area contributed by atoms with Crippen LogP contribution in [0.3, 0.4) is 0 Å². The quantitative estimate of drug-likeness (QED) is 0.708. The van der Waals surface area contributed by atoms with Crippen LogP contribution < -0.4 is 0 Å². The summed E-state index contributed by atoms with van der Waals surface area (Å²) in [5, 5.41) is 4.68. The molecule has 14 heavy (non-hydrogen) atoms. The predicted octanol–water partition coefficient (Wildman–Crippen LogP) is 2.34. The van der Waals surface area contributed by atoms with Crippen molar-refractivity contribution in [2.75, 3.05) is 0 Å². The molecule has 0 saturated heterocycles. The maximum Gasteiger partial charge on any atom is 0.157 e. The average molecular weight is 208 g/mol. The molecule has 0 aliphatic heterocycles. The van der Waals surface area contributed by atoms with E-state index >= 15 is 0 Å². The van der Waals surface area contributed by atoms with Crippen molar-refractivity contribution in [3.63, 3.8) is 0 Å². The number of pyridine rings is 1. The summed E-state index contributed by atoms with van der Waals surface area (Å²) in [5.74, 6) is 0.872. The van der Waals surface area contributed by atoms with Gasteiger partial charge in [0, 0.05) is 0 Å². The lowest BCUT2D eigenvalue weighted by atomic mass is 10.1. The van der Waals surface area contributed by atoms with E-state index in [1.54, 1.807) is 4.52 Å². The minimum absolute atomic E-state index is 0.649. The van der Waals surface area contributed by atoms with E-state index in [2.05, 4.69) is 16.1 Å². The van der Waals surface area contributed by atoms with Crippen molar-refractivity contribution >= 4 is 17.2 Å². The summed E-state index contributed by atoms with van der Waals surface area (Å²) in [5.41, 5.74) is 2.12. The van der Waals surface area contributed by atoms with Gasteiger partial charge in [-0.15, -0.1) is 0 Å². The molecule has 0 bridgehead atoms. The summed E-state index contributed by atoms with van der Waals surface area (Å²) in [6.45, 7) is 0. The van der Waals surface area contributed by atoms with E-state index in [0.29, 0.717) is 5.15 Å². The van der Waals surface area contributed by atoms with Gasteiger partial charge in [0.05, 0.1) is 0 Å². The molecule has 0 amide bonds. The van der Waals surface area contributed by atoms with Gasteiger partial charge in [-0.25, -0.2) is 9.50 Å². The van der Waals surface area contributed by atoms with E-state index in [1.165, 1.54) is 24.7 Å². The first-order valence-electron chi connectivity index (χ1n) is 4.81. The Hall–Kier alpha value is -1.09. The van der Waals surface area contributed by atoms with Gasteiger partial charge in [-0.1, -0.05) is 11.6 Å². The molecule has 1 aliphatic carbocycles. The second-order valence-electron chi connectivity index (χ2n) is 3.86. The lowest BCUT2D eigenvalue weighted by molar-refractivity contribution is 0.827. The molecule has 0 spiro atoms. The minimum Gasteiger partial charge on any atom is -0.215 e. The van der Waals surface area contributed by atoms with Crippen LogP contribution in [0.4, 0.5) is 0 Å². The van der Waals surface area contributed by atoms with E-state index in [4.69, 9.17) is 11.6 Å². The zero-order chi connectivity index (χ0) is 9.54. The molecule has 0 unspecified atom stereocenters. The molecule has 2 aromatic heterocycles. The molecule has 2 aromatic rings. The average Bonchev–Trinajstić information content (AvgIpc) is 2.82. The van der Waals surface area contributed by atoms with Gasteiger partial charge in [0.25, 0.3) is 0 Å². The number of hydrogen-bond donors (Lipinski definition) is 0. The van der Waals surface area contributed by atoms with Crippen molar-refractivity contribution < 1.29 is 0 Å². The summed E-state index contributed by atoms with van der Waals surface area (Å²) in [4.78, 5) is 4.14. The fourth-order valence-electron chi connectivity index (χ4n) is 1.71. The maximum absolute atomic E-state index is 6.07. The highest BCUT2D eigenvalue weighted by atomic mass is 35.5. The Balaban J connectivity index is 2.06. The highest BCUT2D eigenvalue weighted by molar-refractivity contribution is 6.29. The van der Waals surface area contributed by atoms with Crippen molar-refractivity contribution in [2.24, 2.45) is 5.92 Å². The van der Waals surface area contributed by atoms with E-state index in [1.807, 2.05) is 6.07 Å². The summed E-state index contributed by atoms with van der Waals surface area (Å²) >= 11 is 6.07. The molecular weight excluding hydrogens is 198 g/mol. The highest BCUT2D eigenvalue weighted by Gasteiger charge is 2.21. The van der Waals surface area contributed by atoms with Crippen LogP contribution in [0.25, 0.3) is 5.65 Å². The van der Waals surface area contributed by atoms with Gasteiger partial charge in [0.15, 0.2) is 5.65 Å². The molecule has 0 N–H and O–H groups in total. The fourth-order valence-corrected chi connectivity index (χ4v) is 1.98. The van der Waals surface area contributed by atoms with Gasteiger partial charge < -0.3 is 0 Å². The first kappa shape index (κ1) is 8.24. The number of aromatic nitrogens is 3. The topological polar surface area (TPSA) is 30.2 Å². The number of halogens is 1. The molecule has 1 saturated carbocycles. The third kappa shape index (κ3) is 1.38. The highest BCUT2D eigenvalue weighted by Crippen LogP contribution is 2.33. The summed E-state index contributed by atoms with van der Waals surface area (Å²) in [7, 11) is 0. The van der Waals surface area contributed by atoms with Crippen LogP contribution in [-0.4, -0.2) is 14.6 Å². The van der Waals surface area contributed by atoms with E-state index in [-0.39, 0.29) is 0 Å². The molecular formula is C10H10ClN3. The molecule has 72 valence electrons. The first-order chi connectivity index (χ1) is 6.83. The molecule has 2 heterocycles. The Kier molecular flexibility index (Phi) is 1.74. The summed E-state index contributed by atoms with van der Waals surface area (Å²) in [6.07, 6.45) is 5.37. The number of fused-ring (bicyclic) bond motifs is 1. The molecule has 4 heteroatoms. The Bertz CT molecular complexity index is 473. The molecule has 1 aliphatic rings. The fraction of sp³-hybridized carbons (Fsp3) is 0.400. The number of hydrogen-bond acceptors (Lipinski definition) is 2. The number of nitrogens with zero attached hydrogens (tertiary/aromatic N) is 3. The summed E-state index contributed by atoms with van der Waals surface area (Å²) < 4.78 is 1.65. The SMILES string of the molecule is Clc1cc(CC2CC2)cc2ncnn12. The van der Waals surface area contributed by atoms with Crippen LogP contribution >= 0.6 is 11.6 Å². The zero-order valence-corrected chi connectivity index (χ0v) is 8.41.